The van der Waals surface area contributed by atoms with Crippen molar-refractivity contribution in [3.63, 3.8) is 0 Å². The highest BCUT2D eigenvalue weighted by Gasteiger charge is 2.22. The minimum atomic E-state index is 0.845. The molecule has 0 bridgehead atoms. The van der Waals surface area contributed by atoms with Crippen LogP contribution < -0.4 is 0 Å². The second-order valence-electron chi connectivity index (χ2n) is 3.16. The molecule has 2 atom stereocenters. The van der Waals surface area contributed by atoms with Crippen LogP contribution in [0.5, 0.6) is 0 Å². The topological polar surface area (TPSA) is 0 Å². The molecular formula is C9H18S4. The van der Waals surface area contributed by atoms with Crippen molar-refractivity contribution < 1.29 is 0 Å². The molecule has 1 aliphatic rings. The molecule has 4 heteroatoms. The molecule has 0 spiro atoms. The molecule has 0 amide bonds. The Morgan fingerprint density at radius 2 is 1.77 bits per heavy atom. The molecule has 0 aromatic carbocycles. The average molecular weight is 255 g/mol. The van der Waals surface area contributed by atoms with E-state index in [1.54, 1.807) is 0 Å². The fourth-order valence-electron chi connectivity index (χ4n) is 1.17. The Morgan fingerprint density at radius 3 is 2.46 bits per heavy atom. The summed E-state index contributed by atoms with van der Waals surface area (Å²) in [5.74, 6) is 0. The van der Waals surface area contributed by atoms with E-state index < -0.39 is 0 Å². The zero-order valence-electron chi connectivity index (χ0n) is 8.32. The predicted molar refractivity (Wildman–Crippen MR) is 72.4 cm³/mol. The van der Waals surface area contributed by atoms with E-state index in [9.17, 15) is 0 Å². The van der Waals surface area contributed by atoms with Crippen LogP contribution in [0.2, 0.25) is 0 Å². The summed E-state index contributed by atoms with van der Waals surface area (Å²) in [5.41, 5.74) is 0. The molecule has 1 fully saturated rings. The maximum absolute atomic E-state index is 2.30. The van der Waals surface area contributed by atoms with Gasteiger partial charge in [0, 0.05) is 0 Å². The summed E-state index contributed by atoms with van der Waals surface area (Å²) in [6, 6.07) is 0. The molecule has 0 N–H and O–H groups in total. The molecule has 2 unspecified atom stereocenters. The van der Waals surface area contributed by atoms with Crippen molar-refractivity contribution >= 4 is 43.2 Å². The third kappa shape index (κ3) is 5.14. The van der Waals surface area contributed by atoms with E-state index in [1.807, 2.05) is 20.6 Å². The van der Waals surface area contributed by atoms with Gasteiger partial charge in [-0.25, -0.2) is 0 Å². The maximum Gasteiger partial charge on any atom is 0.0625 e. The van der Waals surface area contributed by atoms with Gasteiger partial charge in [0.2, 0.25) is 0 Å². The molecule has 1 rings (SSSR count). The quantitative estimate of drug-likeness (QED) is 0.475. The van der Waals surface area contributed by atoms with Crippen LogP contribution in [0.4, 0.5) is 0 Å². The fraction of sp³-hybridized carbons (Fsp3) is 1.00. The van der Waals surface area contributed by atoms with Crippen molar-refractivity contribution in [1.82, 2.24) is 0 Å². The van der Waals surface area contributed by atoms with Gasteiger partial charge in [-0.3, -0.25) is 0 Å². The van der Waals surface area contributed by atoms with Gasteiger partial charge in [0.25, 0.3) is 0 Å². The van der Waals surface area contributed by atoms with E-state index in [0.717, 1.165) is 9.16 Å². The van der Waals surface area contributed by atoms with E-state index >= 15 is 0 Å². The lowest BCUT2D eigenvalue weighted by Gasteiger charge is -2.25. The molecule has 1 aliphatic heterocycles. The summed E-state index contributed by atoms with van der Waals surface area (Å²) in [4.78, 5) is 0. The van der Waals surface area contributed by atoms with Gasteiger partial charge in [0.1, 0.15) is 0 Å². The lowest BCUT2D eigenvalue weighted by Crippen LogP contribution is -2.06. The van der Waals surface area contributed by atoms with E-state index in [1.165, 1.54) is 32.1 Å². The Balaban J connectivity index is 2.11. The largest absolute Gasteiger partial charge is 0.131 e. The molecule has 1 saturated heterocycles. The first-order valence-electron chi connectivity index (χ1n) is 5.01. The first-order chi connectivity index (χ1) is 6.36. The van der Waals surface area contributed by atoms with Gasteiger partial charge < -0.3 is 0 Å². The molecule has 1 heterocycles. The number of hydrogen-bond acceptors (Lipinski definition) is 4. The van der Waals surface area contributed by atoms with Crippen LogP contribution in [0.25, 0.3) is 0 Å². The molecular weight excluding hydrogens is 236 g/mol. The summed E-state index contributed by atoms with van der Waals surface area (Å²) >= 11 is 2.19. The summed E-state index contributed by atoms with van der Waals surface area (Å²) in [6.45, 7) is 4.57. The minimum Gasteiger partial charge on any atom is -0.131 e. The third-order valence-corrected chi connectivity index (χ3v) is 9.56. The first kappa shape index (κ1) is 12.5. The van der Waals surface area contributed by atoms with Crippen molar-refractivity contribution in [3.05, 3.63) is 0 Å². The van der Waals surface area contributed by atoms with E-state index in [0.29, 0.717) is 0 Å². The van der Waals surface area contributed by atoms with Gasteiger partial charge in [0.15, 0.2) is 0 Å². The normalized spacial score (nSPS) is 29.1. The summed E-state index contributed by atoms with van der Waals surface area (Å²) in [7, 11) is 6.13. The molecule has 0 radical (unpaired) electrons. The lowest BCUT2D eigenvalue weighted by atomic mass is 10.2. The van der Waals surface area contributed by atoms with Crippen LogP contribution in [-0.2, 0) is 0 Å². The van der Waals surface area contributed by atoms with Crippen molar-refractivity contribution in [2.24, 2.45) is 0 Å². The fourth-order valence-corrected chi connectivity index (χ4v) is 9.89. The standard InChI is InChI=1S/C9H18S4/c1-3-5-6-7-9-10-8(4-2)11-13-12-9/h8-9H,3-7H2,1-2H3. The number of unbranched alkanes of at least 4 members (excludes halogenated alkanes) is 2. The van der Waals surface area contributed by atoms with Crippen LogP contribution in [0.15, 0.2) is 0 Å². The highest BCUT2D eigenvalue weighted by molar-refractivity contribution is 9.11. The Kier molecular flexibility index (Phi) is 7.35. The van der Waals surface area contributed by atoms with Crippen LogP contribution in [-0.4, -0.2) is 9.16 Å². The molecule has 0 aromatic heterocycles. The van der Waals surface area contributed by atoms with Gasteiger partial charge in [-0.05, 0) is 22.7 Å². The van der Waals surface area contributed by atoms with Crippen molar-refractivity contribution in [1.29, 1.82) is 0 Å². The highest BCUT2D eigenvalue weighted by atomic mass is 33.5. The Morgan fingerprint density at radius 1 is 1.00 bits per heavy atom. The van der Waals surface area contributed by atoms with Crippen LogP contribution in [0, 0.1) is 0 Å². The van der Waals surface area contributed by atoms with E-state index in [2.05, 4.69) is 36.4 Å². The first-order valence-corrected chi connectivity index (χ1v) is 9.56. The maximum atomic E-state index is 2.30. The molecule has 78 valence electrons. The van der Waals surface area contributed by atoms with Crippen molar-refractivity contribution in [2.45, 2.75) is 55.1 Å². The van der Waals surface area contributed by atoms with Crippen LogP contribution in [0.3, 0.4) is 0 Å². The zero-order valence-corrected chi connectivity index (χ0v) is 11.6. The molecule has 0 aliphatic carbocycles. The van der Waals surface area contributed by atoms with Crippen LogP contribution in [0.1, 0.15) is 46.0 Å². The summed E-state index contributed by atoms with van der Waals surface area (Å²) in [6.07, 6.45) is 6.90. The number of hydrogen-bond donors (Lipinski definition) is 0. The average Bonchev–Trinajstić information content (AvgIpc) is 2.19. The van der Waals surface area contributed by atoms with Gasteiger partial charge in [-0.15, -0.1) is 11.8 Å². The lowest BCUT2D eigenvalue weighted by molar-refractivity contribution is 0.697. The van der Waals surface area contributed by atoms with Crippen LogP contribution >= 0.6 is 43.2 Å². The second-order valence-corrected chi connectivity index (χ2v) is 9.61. The number of rotatable bonds is 5. The highest BCUT2D eigenvalue weighted by Crippen LogP contribution is 2.55. The van der Waals surface area contributed by atoms with E-state index in [-0.39, 0.29) is 0 Å². The molecule has 13 heavy (non-hydrogen) atoms. The Labute approximate surface area is 97.9 Å². The van der Waals surface area contributed by atoms with Crippen molar-refractivity contribution in [2.75, 3.05) is 0 Å². The second kappa shape index (κ2) is 7.66. The minimum absolute atomic E-state index is 0.845. The predicted octanol–water partition coefficient (Wildman–Crippen LogP) is 5.41. The monoisotopic (exact) mass is 254 g/mol. The zero-order chi connectivity index (χ0) is 9.52. The van der Waals surface area contributed by atoms with Gasteiger partial charge >= 0.3 is 0 Å². The van der Waals surface area contributed by atoms with Gasteiger partial charge in [-0.2, -0.15) is 0 Å². The van der Waals surface area contributed by atoms with Gasteiger partial charge in [-0.1, -0.05) is 54.7 Å². The van der Waals surface area contributed by atoms with Crippen molar-refractivity contribution in [3.8, 4) is 0 Å². The molecule has 0 aromatic rings. The summed E-state index contributed by atoms with van der Waals surface area (Å²) < 4.78 is 1.71. The summed E-state index contributed by atoms with van der Waals surface area (Å²) in [5, 5.41) is 0. The molecule has 0 nitrogen and oxygen atoms in total. The third-order valence-electron chi connectivity index (χ3n) is 1.97. The smallest absolute Gasteiger partial charge is 0.0625 e. The Bertz CT molecular complexity index is 129. The number of thioether (sulfide) groups is 1. The van der Waals surface area contributed by atoms with E-state index in [4.69, 9.17) is 0 Å². The van der Waals surface area contributed by atoms with Gasteiger partial charge in [0.05, 0.1) is 9.16 Å². The SMILES string of the molecule is CCCCCC1SSSC(CC)S1. The Hall–Kier alpha value is 1.40. The molecule has 0 saturated carbocycles.